The van der Waals surface area contributed by atoms with Crippen molar-refractivity contribution in [2.24, 2.45) is 0 Å². The number of aromatic nitrogens is 1. The third kappa shape index (κ3) is 4.72. The van der Waals surface area contributed by atoms with E-state index in [0.717, 1.165) is 24.1 Å². The second kappa shape index (κ2) is 9.76. The number of hydrogen-bond acceptors (Lipinski definition) is 5. The lowest BCUT2D eigenvalue weighted by molar-refractivity contribution is -0.384. The number of aromatic amines is 1. The SMILES string of the molecule is Cc1cc(C)cc(-c2c(OCC[C@@H]3Cc4ccccc4CN3)c3cc([N+](=O)[O-])c(Cl)cc3[nH]c2=O)c1. The lowest BCUT2D eigenvalue weighted by Gasteiger charge is -2.26. The maximum Gasteiger partial charge on any atom is 0.288 e. The van der Waals surface area contributed by atoms with Crippen molar-refractivity contribution < 1.29 is 9.66 Å². The molecule has 2 N–H and O–H groups in total. The van der Waals surface area contributed by atoms with E-state index in [4.69, 9.17) is 16.3 Å². The normalized spacial score (nSPS) is 15.0. The van der Waals surface area contributed by atoms with E-state index in [1.165, 1.54) is 23.3 Å². The van der Waals surface area contributed by atoms with Crippen LogP contribution in [0.15, 0.2) is 59.4 Å². The van der Waals surface area contributed by atoms with Gasteiger partial charge in [0.05, 0.1) is 22.6 Å². The number of pyridine rings is 1. The number of rotatable bonds is 6. The Labute approximate surface area is 213 Å². The van der Waals surface area contributed by atoms with Crippen molar-refractivity contribution in [1.29, 1.82) is 0 Å². The Morgan fingerprint density at radius 1 is 1.08 bits per heavy atom. The minimum atomic E-state index is -0.531. The van der Waals surface area contributed by atoms with Crippen LogP contribution in [0.1, 0.15) is 28.7 Å². The summed E-state index contributed by atoms with van der Waals surface area (Å²) < 4.78 is 6.31. The van der Waals surface area contributed by atoms with Crippen LogP contribution in [0.4, 0.5) is 5.69 Å². The van der Waals surface area contributed by atoms with E-state index in [2.05, 4.69) is 22.4 Å². The molecule has 0 radical (unpaired) electrons. The molecule has 184 valence electrons. The number of aryl methyl sites for hydroxylation is 2. The average molecular weight is 504 g/mol. The van der Waals surface area contributed by atoms with Crippen LogP contribution in [0.5, 0.6) is 5.75 Å². The van der Waals surface area contributed by atoms with Gasteiger partial charge in [0.2, 0.25) is 0 Å². The van der Waals surface area contributed by atoms with Crippen LogP contribution >= 0.6 is 11.6 Å². The summed E-state index contributed by atoms with van der Waals surface area (Å²) >= 11 is 6.14. The molecule has 7 nitrogen and oxygen atoms in total. The third-order valence-electron chi connectivity index (χ3n) is 6.62. The van der Waals surface area contributed by atoms with Crippen molar-refractivity contribution in [3.05, 3.63) is 102 Å². The molecule has 0 fully saturated rings. The Morgan fingerprint density at radius 3 is 2.53 bits per heavy atom. The largest absolute Gasteiger partial charge is 0.492 e. The molecule has 0 saturated heterocycles. The highest BCUT2D eigenvalue weighted by atomic mass is 35.5. The zero-order valence-corrected chi connectivity index (χ0v) is 20.8. The van der Waals surface area contributed by atoms with Gasteiger partial charge in [-0.1, -0.05) is 65.2 Å². The first-order valence-corrected chi connectivity index (χ1v) is 12.2. The van der Waals surface area contributed by atoms with E-state index in [1.807, 2.05) is 44.2 Å². The van der Waals surface area contributed by atoms with Crippen LogP contribution in [-0.4, -0.2) is 22.6 Å². The number of nitro groups is 1. The topological polar surface area (TPSA) is 97.3 Å². The van der Waals surface area contributed by atoms with Gasteiger partial charge in [-0.15, -0.1) is 0 Å². The number of nitro benzene ring substituents is 1. The zero-order valence-electron chi connectivity index (χ0n) is 20.1. The maximum absolute atomic E-state index is 13.3. The number of benzene rings is 3. The first-order chi connectivity index (χ1) is 17.3. The predicted molar refractivity (Wildman–Crippen MR) is 142 cm³/mol. The molecule has 0 aliphatic carbocycles. The molecule has 4 aromatic rings. The summed E-state index contributed by atoms with van der Waals surface area (Å²) in [7, 11) is 0. The molecule has 1 aliphatic heterocycles. The van der Waals surface area contributed by atoms with Crippen LogP contribution in [0.3, 0.4) is 0 Å². The molecule has 1 aromatic heterocycles. The van der Waals surface area contributed by atoms with Gasteiger partial charge >= 0.3 is 0 Å². The number of halogens is 1. The molecule has 0 amide bonds. The van der Waals surface area contributed by atoms with Gasteiger partial charge in [0.15, 0.2) is 0 Å². The van der Waals surface area contributed by atoms with Crippen LogP contribution in [0.25, 0.3) is 22.0 Å². The molecule has 0 unspecified atom stereocenters. The number of nitrogens with zero attached hydrogens (tertiary/aromatic N) is 1. The Bertz CT molecular complexity index is 1530. The van der Waals surface area contributed by atoms with Crippen LogP contribution < -0.4 is 15.6 Å². The van der Waals surface area contributed by atoms with Gasteiger partial charge in [0.1, 0.15) is 10.8 Å². The van der Waals surface area contributed by atoms with E-state index in [-0.39, 0.29) is 22.3 Å². The second-order valence-electron chi connectivity index (χ2n) is 9.33. The van der Waals surface area contributed by atoms with Gasteiger partial charge < -0.3 is 15.0 Å². The lowest BCUT2D eigenvalue weighted by Crippen LogP contribution is -2.36. The molecule has 8 heteroatoms. The van der Waals surface area contributed by atoms with Crippen molar-refractivity contribution in [3.63, 3.8) is 0 Å². The van der Waals surface area contributed by atoms with E-state index < -0.39 is 4.92 Å². The van der Waals surface area contributed by atoms with Crippen molar-refractivity contribution in [1.82, 2.24) is 10.3 Å². The Morgan fingerprint density at radius 2 is 1.81 bits per heavy atom. The summed E-state index contributed by atoms with van der Waals surface area (Å²) in [5, 5.41) is 15.6. The first kappa shape index (κ1) is 24.0. The maximum atomic E-state index is 13.3. The molecule has 0 saturated carbocycles. The second-order valence-corrected chi connectivity index (χ2v) is 9.74. The van der Waals surface area contributed by atoms with Crippen molar-refractivity contribution >= 4 is 28.2 Å². The third-order valence-corrected chi connectivity index (χ3v) is 6.92. The van der Waals surface area contributed by atoms with E-state index in [9.17, 15) is 14.9 Å². The molecule has 1 aliphatic rings. The van der Waals surface area contributed by atoms with E-state index in [1.54, 1.807) is 0 Å². The summed E-state index contributed by atoms with van der Waals surface area (Å²) in [5.41, 5.74) is 5.50. The standard InChI is InChI=1S/C28H26ClN3O4/c1-16-9-17(2)11-20(10-16)26-27(22-13-25(32(34)35)23(29)14-24(22)31-28(26)33)36-8-7-21-12-18-5-3-4-6-19(18)15-30-21/h3-6,9-11,13-14,21,30H,7-8,12,15H2,1-2H3,(H,31,33)/t21-/m1/s1. The van der Waals surface area contributed by atoms with Crippen LogP contribution in [0.2, 0.25) is 5.02 Å². The molecule has 0 spiro atoms. The number of ether oxygens (including phenoxy) is 1. The van der Waals surface area contributed by atoms with Gasteiger partial charge in [-0.05, 0) is 49.4 Å². The van der Waals surface area contributed by atoms with Gasteiger partial charge in [-0.2, -0.15) is 0 Å². The Hall–Kier alpha value is -3.68. The van der Waals surface area contributed by atoms with Crippen LogP contribution in [-0.2, 0) is 13.0 Å². The zero-order chi connectivity index (χ0) is 25.4. The highest BCUT2D eigenvalue weighted by Crippen LogP contribution is 2.38. The fraction of sp³-hybridized carbons (Fsp3) is 0.250. The van der Waals surface area contributed by atoms with E-state index in [0.29, 0.717) is 40.8 Å². The molecule has 36 heavy (non-hydrogen) atoms. The molecular formula is C28H26ClN3O4. The Kier molecular flexibility index (Phi) is 6.51. The predicted octanol–water partition coefficient (Wildman–Crippen LogP) is 5.86. The van der Waals surface area contributed by atoms with Crippen LogP contribution in [0, 0.1) is 24.0 Å². The summed E-state index contributed by atoms with van der Waals surface area (Å²) in [4.78, 5) is 27.2. The molecular weight excluding hydrogens is 478 g/mol. The van der Waals surface area contributed by atoms with Crippen molar-refractivity contribution in [3.8, 4) is 16.9 Å². The quantitative estimate of drug-likeness (QED) is 0.254. The number of H-pyrrole nitrogens is 1. The summed E-state index contributed by atoms with van der Waals surface area (Å²) in [5.74, 6) is 0.328. The molecule has 5 rings (SSSR count). The summed E-state index contributed by atoms with van der Waals surface area (Å²) in [6.07, 6.45) is 1.60. The minimum Gasteiger partial charge on any atom is -0.492 e. The van der Waals surface area contributed by atoms with Crippen molar-refractivity contribution in [2.75, 3.05) is 6.61 Å². The number of fused-ring (bicyclic) bond motifs is 2. The smallest absolute Gasteiger partial charge is 0.288 e. The Balaban J connectivity index is 1.54. The molecule has 1 atom stereocenters. The summed E-state index contributed by atoms with van der Waals surface area (Å²) in [6.45, 7) is 5.06. The number of nitrogens with one attached hydrogen (secondary N) is 2. The number of hydrogen-bond donors (Lipinski definition) is 2. The minimum absolute atomic E-state index is 0.0432. The van der Waals surface area contributed by atoms with Gasteiger partial charge in [0.25, 0.3) is 11.2 Å². The highest BCUT2D eigenvalue weighted by molar-refractivity contribution is 6.33. The molecule has 2 heterocycles. The molecule has 0 bridgehead atoms. The monoisotopic (exact) mass is 503 g/mol. The van der Waals surface area contributed by atoms with Gasteiger partial charge in [-0.25, -0.2) is 0 Å². The fourth-order valence-corrected chi connectivity index (χ4v) is 5.21. The highest BCUT2D eigenvalue weighted by Gasteiger charge is 2.23. The summed E-state index contributed by atoms with van der Waals surface area (Å²) in [6, 6.07) is 17.2. The lowest BCUT2D eigenvalue weighted by atomic mass is 9.94. The van der Waals surface area contributed by atoms with E-state index >= 15 is 0 Å². The van der Waals surface area contributed by atoms with Crippen molar-refractivity contribution in [2.45, 2.75) is 39.3 Å². The van der Waals surface area contributed by atoms with Gasteiger partial charge in [0, 0.05) is 24.0 Å². The fourth-order valence-electron chi connectivity index (χ4n) is 4.98. The molecule has 3 aromatic carbocycles. The van der Waals surface area contributed by atoms with Gasteiger partial charge in [-0.3, -0.25) is 14.9 Å². The first-order valence-electron chi connectivity index (χ1n) is 11.9. The average Bonchev–Trinajstić information content (AvgIpc) is 2.82.